The molecular weight excluding hydrogens is 531 g/mol. The van der Waals surface area contributed by atoms with Crippen LogP contribution in [0.5, 0.6) is 0 Å². The first kappa shape index (κ1) is 30.5. The lowest BCUT2D eigenvalue weighted by Crippen LogP contribution is -2.76. The van der Waals surface area contributed by atoms with Crippen LogP contribution in [0.25, 0.3) is 0 Å². The van der Waals surface area contributed by atoms with Crippen LogP contribution in [0.2, 0.25) is 0 Å². The molecule has 0 rings (SSSR count). The van der Waals surface area contributed by atoms with Gasteiger partial charge in [0, 0.05) is 0 Å². The molecular formula is C11H2F21. The van der Waals surface area contributed by atoms with E-state index in [9.17, 15) is 92.2 Å². The molecule has 0 saturated heterocycles. The van der Waals surface area contributed by atoms with E-state index in [1.807, 2.05) is 0 Å². The number of halogens is 21. The highest BCUT2D eigenvalue weighted by Crippen LogP contribution is 2.65. The van der Waals surface area contributed by atoms with Gasteiger partial charge in [-0.2, -0.15) is 87.8 Å². The standard InChI is InChI=1S/C11H2F21/c12-1-3(15,16)5(19,20)7(23,24)9(27,28)11(31,32)10(29,30)8(25,26)6(21,22)4(17,18)2(13)14/h1H2. The summed E-state index contributed by atoms with van der Waals surface area (Å²) in [7, 11) is 0. The highest BCUT2D eigenvalue weighted by atomic mass is 19.4. The number of hydrogen-bond donors (Lipinski definition) is 0. The molecule has 0 saturated carbocycles. The summed E-state index contributed by atoms with van der Waals surface area (Å²) in [5, 5.41) is 0. The normalized spacial score (nSPS) is 16.7. The van der Waals surface area contributed by atoms with E-state index >= 15 is 0 Å². The molecule has 0 aromatic heterocycles. The SMILES string of the molecule is FCC(F)(F)C(F)(F)C(F)(F)C(F)(F)C(F)(F)C(F)(F)C(F)(F)C(F)(F)C(F)(F)[C](F)F. The molecule has 0 heterocycles. The molecule has 0 fully saturated rings. The molecule has 0 aromatic rings. The summed E-state index contributed by atoms with van der Waals surface area (Å²) < 4.78 is 268. The first-order chi connectivity index (χ1) is 13.5. The van der Waals surface area contributed by atoms with Crippen molar-refractivity contribution in [3.63, 3.8) is 0 Å². The Morgan fingerprint density at radius 3 is 0.812 bits per heavy atom. The van der Waals surface area contributed by atoms with E-state index in [0.717, 1.165) is 0 Å². The fourth-order valence-corrected chi connectivity index (χ4v) is 1.62. The first-order valence-corrected chi connectivity index (χ1v) is 6.65. The third-order valence-electron chi connectivity index (χ3n) is 3.62. The van der Waals surface area contributed by atoms with E-state index in [0.29, 0.717) is 0 Å². The molecule has 0 aromatic carbocycles. The molecule has 0 atom stereocenters. The summed E-state index contributed by atoms with van der Waals surface area (Å²) in [6.45, 7) is -4.08. The van der Waals surface area contributed by atoms with Gasteiger partial charge in [0.2, 0.25) is 0 Å². The van der Waals surface area contributed by atoms with Gasteiger partial charge in [-0.25, -0.2) is 4.39 Å². The van der Waals surface area contributed by atoms with Gasteiger partial charge in [0.15, 0.2) is 6.67 Å². The van der Waals surface area contributed by atoms with Gasteiger partial charge < -0.3 is 0 Å². The maximum atomic E-state index is 13.2. The van der Waals surface area contributed by atoms with Gasteiger partial charge in [0.1, 0.15) is 0 Å². The quantitative estimate of drug-likeness (QED) is 0.263. The van der Waals surface area contributed by atoms with Crippen LogP contribution in [0.1, 0.15) is 0 Å². The topological polar surface area (TPSA) is 0 Å². The molecule has 0 nitrogen and oxygen atoms in total. The molecule has 0 aliphatic rings. The van der Waals surface area contributed by atoms with E-state index in [-0.39, 0.29) is 0 Å². The van der Waals surface area contributed by atoms with Crippen LogP contribution < -0.4 is 0 Å². The summed E-state index contributed by atoms with van der Waals surface area (Å²) >= 11 is 0. The predicted molar refractivity (Wildman–Crippen MR) is 56.0 cm³/mol. The Balaban J connectivity index is 6.95. The monoisotopic (exact) mass is 533 g/mol. The lowest BCUT2D eigenvalue weighted by atomic mass is 9.86. The van der Waals surface area contributed by atoms with Crippen molar-refractivity contribution < 1.29 is 92.2 Å². The second kappa shape index (κ2) is 7.52. The van der Waals surface area contributed by atoms with E-state index in [2.05, 4.69) is 0 Å². The van der Waals surface area contributed by atoms with E-state index in [1.54, 1.807) is 0 Å². The zero-order valence-corrected chi connectivity index (χ0v) is 13.6. The first-order valence-electron chi connectivity index (χ1n) is 6.65. The zero-order chi connectivity index (χ0) is 26.8. The van der Waals surface area contributed by atoms with Crippen LogP contribution in [0.15, 0.2) is 0 Å². The van der Waals surface area contributed by atoms with Crippen molar-refractivity contribution in [3.8, 4) is 0 Å². The van der Waals surface area contributed by atoms with Gasteiger partial charge >= 0.3 is 59.7 Å². The van der Waals surface area contributed by atoms with Crippen molar-refractivity contribution in [3.05, 3.63) is 6.43 Å². The lowest BCUT2D eigenvalue weighted by molar-refractivity contribution is -0.463. The van der Waals surface area contributed by atoms with Crippen LogP contribution in [-0.2, 0) is 0 Å². The maximum absolute atomic E-state index is 13.2. The molecule has 0 aliphatic carbocycles. The van der Waals surface area contributed by atoms with Gasteiger partial charge in [0.05, 0.1) is 0 Å². The van der Waals surface area contributed by atoms with Crippen LogP contribution in [-0.4, -0.2) is 60.0 Å². The minimum Gasteiger partial charge on any atom is -0.244 e. The Labute approximate surface area is 160 Å². The molecule has 193 valence electrons. The van der Waals surface area contributed by atoms with Gasteiger partial charge in [-0.1, -0.05) is 0 Å². The number of rotatable bonds is 10. The van der Waals surface area contributed by atoms with Crippen molar-refractivity contribution in [2.45, 2.75) is 53.3 Å². The van der Waals surface area contributed by atoms with Gasteiger partial charge in [-0.05, 0) is 0 Å². The third-order valence-corrected chi connectivity index (χ3v) is 3.62. The highest BCUT2D eigenvalue weighted by Gasteiger charge is 2.96. The number of hydrogen-bond acceptors (Lipinski definition) is 0. The van der Waals surface area contributed by atoms with Crippen LogP contribution >= 0.6 is 0 Å². The second-order valence-corrected chi connectivity index (χ2v) is 5.69. The molecule has 21 heteroatoms. The summed E-state index contributed by atoms with van der Waals surface area (Å²) in [4.78, 5) is 0. The average Bonchev–Trinajstić information content (AvgIpc) is 2.59. The Hall–Kier alpha value is -1.47. The predicted octanol–water partition coefficient (Wildman–Crippen LogP) is 7.10. The zero-order valence-electron chi connectivity index (χ0n) is 13.6. The van der Waals surface area contributed by atoms with Crippen molar-refractivity contribution in [2.75, 3.05) is 6.67 Å². The molecule has 0 N–H and O–H groups in total. The molecule has 0 amide bonds. The molecule has 0 bridgehead atoms. The Morgan fingerprint density at radius 1 is 0.375 bits per heavy atom. The van der Waals surface area contributed by atoms with E-state index in [1.165, 1.54) is 0 Å². The van der Waals surface area contributed by atoms with Crippen LogP contribution in [0.4, 0.5) is 92.2 Å². The third kappa shape index (κ3) is 3.42. The van der Waals surface area contributed by atoms with Crippen molar-refractivity contribution in [1.29, 1.82) is 0 Å². The smallest absolute Gasteiger partial charge is 0.244 e. The van der Waals surface area contributed by atoms with E-state index < -0.39 is 66.4 Å². The van der Waals surface area contributed by atoms with Crippen LogP contribution in [0, 0.1) is 6.43 Å². The Bertz CT molecular complexity index is 671. The lowest BCUT2D eigenvalue weighted by Gasteiger charge is -2.44. The molecule has 0 spiro atoms. The average molecular weight is 533 g/mol. The van der Waals surface area contributed by atoms with Crippen molar-refractivity contribution in [2.24, 2.45) is 0 Å². The fourth-order valence-electron chi connectivity index (χ4n) is 1.62. The van der Waals surface area contributed by atoms with Gasteiger partial charge in [0.25, 0.3) is 0 Å². The van der Waals surface area contributed by atoms with Crippen LogP contribution in [0.3, 0.4) is 0 Å². The van der Waals surface area contributed by atoms with E-state index in [4.69, 9.17) is 0 Å². The Kier molecular flexibility index (Phi) is 7.18. The second-order valence-electron chi connectivity index (χ2n) is 5.69. The molecule has 0 unspecified atom stereocenters. The number of alkyl halides is 19. The minimum absolute atomic E-state index is 4.08. The minimum atomic E-state index is -9.07. The summed E-state index contributed by atoms with van der Waals surface area (Å²) in [6, 6.07) is 0. The fraction of sp³-hybridized carbons (Fsp3) is 0.909. The Morgan fingerprint density at radius 2 is 0.594 bits per heavy atom. The van der Waals surface area contributed by atoms with Gasteiger partial charge in [-0.3, -0.25) is 0 Å². The molecule has 1 radical (unpaired) electrons. The molecule has 0 aliphatic heterocycles. The maximum Gasteiger partial charge on any atom is 0.385 e. The van der Waals surface area contributed by atoms with Crippen molar-refractivity contribution >= 4 is 0 Å². The highest BCUT2D eigenvalue weighted by molar-refractivity contribution is 5.18. The summed E-state index contributed by atoms with van der Waals surface area (Å²) in [5.41, 5.74) is 0. The van der Waals surface area contributed by atoms with Gasteiger partial charge in [-0.15, -0.1) is 0 Å². The summed E-state index contributed by atoms with van der Waals surface area (Å²) in [6.07, 6.45) is -5.22. The summed E-state index contributed by atoms with van der Waals surface area (Å²) in [5.74, 6) is -76.2. The largest absolute Gasteiger partial charge is 0.385 e. The molecule has 32 heavy (non-hydrogen) atoms. The van der Waals surface area contributed by atoms with Crippen molar-refractivity contribution in [1.82, 2.24) is 0 Å².